The summed E-state index contributed by atoms with van der Waals surface area (Å²) in [5, 5.41) is 2.82. The van der Waals surface area contributed by atoms with Gasteiger partial charge in [0, 0.05) is 30.7 Å². The summed E-state index contributed by atoms with van der Waals surface area (Å²) in [6.07, 6.45) is 11.1. The molecule has 4 heterocycles. The molecule has 9 heteroatoms. The molecule has 172 valence electrons. The predicted molar refractivity (Wildman–Crippen MR) is 124 cm³/mol. The summed E-state index contributed by atoms with van der Waals surface area (Å²) >= 11 is 0. The molecular weight excluding hydrogens is 435 g/mol. The largest absolute Gasteiger partial charge is 0.487 e. The van der Waals surface area contributed by atoms with Crippen LogP contribution in [0.3, 0.4) is 0 Å². The number of nitrogens with zero attached hydrogens (tertiary/aromatic N) is 5. The van der Waals surface area contributed by atoms with Gasteiger partial charge in [0.1, 0.15) is 18.1 Å². The molecule has 8 nitrogen and oxygen atoms in total. The number of nitrogens with one attached hydrogen (secondary N) is 1. The third kappa shape index (κ3) is 3.44. The normalized spacial score (nSPS) is 16.9. The monoisotopic (exact) mass is 458 g/mol. The van der Waals surface area contributed by atoms with Crippen LogP contribution in [-0.4, -0.2) is 36.6 Å². The van der Waals surface area contributed by atoms with E-state index in [1.165, 1.54) is 6.07 Å². The number of carbonyl (C=O) groups excluding carboxylic acids is 1. The van der Waals surface area contributed by atoms with Crippen LogP contribution in [0.2, 0.25) is 0 Å². The van der Waals surface area contributed by atoms with Crippen LogP contribution in [0.25, 0.3) is 17.2 Å². The summed E-state index contributed by atoms with van der Waals surface area (Å²) in [5.41, 5.74) is 3.35. The quantitative estimate of drug-likeness (QED) is 0.481. The number of carbonyl (C=O) groups is 1. The standard InChI is InChI=1S/C25H23FN6O2/c1-14-9-18(26)17(10-21(14)31-11-20(29-13-31)16-3-4-16)25(33)30-19-5-6-27-22-23(19)34-12-15(2)32-8-7-28-24(22)32/h5-11,13,15-16H,3-4,12H2,1-2H3,(H,27,30,33)/t15-/m0/s1. The first-order valence-electron chi connectivity index (χ1n) is 11.3. The summed E-state index contributed by atoms with van der Waals surface area (Å²) in [6.45, 7) is 4.22. The molecule has 2 aliphatic rings. The third-order valence-corrected chi connectivity index (χ3v) is 6.38. The highest BCUT2D eigenvalue weighted by Gasteiger charge is 2.27. The number of aromatic nitrogens is 5. The van der Waals surface area contributed by atoms with Gasteiger partial charge >= 0.3 is 0 Å². The van der Waals surface area contributed by atoms with Crippen LogP contribution >= 0.6 is 0 Å². The van der Waals surface area contributed by atoms with E-state index in [0.717, 1.165) is 24.1 Å². The Morgan fingerprint density at radius 3 is 2.88 bits per heavy atom. The fourth-order valence-electron chi connectivity index (χ4n) is 4.35. The summed E-state index contributed by atoms with van der Waals surface area (Å²) in [7, 11) is 0. The Morgan fingerprint density at radius 1 is 1.21 bits per heavy atom. The molecule has 0 radical (unpaired) electrons. The van der Waals surface area contributed by atoms with Crippen LogP contribution in [0.1, 0.15) is 53.3 Å². The zero-order valence-corrected chi connectivity index (χ0v) is 18.8. The van der Waals surface area contributed by atoms with Crippen molar-refractivity contribution in [1.82, 2.24) is 24.1 Å². The molecule has 34 heavy (non-hydrogen) atoms. The van der Waals surface area contributed by atoms with Gasteiger partial charge in [-0.3, -0.25) is 4.79 Å². The molecule has 3 aromatic heterocycles. The van der Waals surface area contributed by atoms with Gasteiger partial charge in [0.2, 0.25) is 0 Å². The molecule has 1 aromatic carbocycles. The molecule has 0 unspecified atom stereocenters. The smallest absolute Gasteiger partial charge is 0.258 e. The van der Waals surface area contributed by atoms with E-state index in [0.29, 0.717) is 41.2 Å². The average Bonchev–Trinajstić information content (AvgIpc) is 3.38. The van der Waals surface area contributed by atoms with E-state index in [-0.39, 0.29) is 11.6 Å². The van der Waals surface area contributed by atoms with Gasteiger partial charge in [0.05, 0.1) is 35.0 Å². The fourth-order valence-corrected chi connectivity index (χ4v) is 4.35. The van der Waals surface area contributed by atoms with Gasteiger partial charge in [-0.2, -0.15) is 0 Å². The Kier molecular flexibility index (Phi) is 4.72. The number of rotatable bonds is 4. The fraction of sp³-hybridized carbons (Fsp3) is 0.280. The number of imidazole rings is 2. The van der Waals surface area contributed by atoms with E-state index in [1.54, 1.807) is 30.9 Å². The minimum atomic E-state index is -0.591. The van der Waals surface area contributed by atoms with Crippen molar-refractivity contribution in [3.8, 4) is 23.0 Å². The van der Waals surface area contributed by atoms with Gasteiger partial charge < -0.3 is 19.2 Å². The summed E-state index contributed by atoms with van der Waals surface area (Å²) in [4.78, 5) is 26.5. The van der Waals surface area contributed by atoms with Crippen LogP contribution in [0, 0.1) is 12.7 Å². The number of aryl methyl sites for hydroxylation is 1. The molecule has 1 atom stereocenters. The number of hydrogen-bond acceptors (Lipinski definition) is 5. The third-order valence-electron chi connectivity index (χ3n) is 6.38. The number of hydrogen-bond donors (Lipinski definition) is 1. The number of benzene rings is 1. The maximum Gasteiger partial charge on any atom is 0.258 e. The molecular formula is C25H23FN6O2. The number of halogens is 1. The maximum absolute atomic E-state index is 14.9. The van der Waals surface area contributed by atoms with Crippen molar-refractivity contribution in [1.29, 1.82) is 0 Å². The molecule has 1 aliphatic carbocycles. The lowest BCUT2D eigenvalue weighted by atomic mass is 10.1. The lowest BCUT2D eigenvalue weighted by molar-refractivity contribution is 0.102. The zero-order valence-electron chi connectivity index (χ0n) is 18.8. The van der Waals surface area contributed by atoms with Crippen molar-refractivity contribution in [3.05, 3.63) is 72.0 Å². The summed E-state index contributed by atoms with van der Waals surface area (Å²) < 4.78 is 24.7. The van der Waals surface area contributed by atoms with E-state index < -0.39 is 11.7 Å². The highest BCUT2D eigenvalue weighted by Crippen LogP contribution is 2.40. The second kappa shape index (κ2) is 7.79. The molecule has 1 aliphatic heterocycles. The molecule has 1 fully saturated rings. The van der Waals surface area contributed by atoms with E-state index in [1.807, 2.05) is 35.4 Å². The Bertz CT molecular complexity index is 1420. The van der Waals surface area contributed by atoms with E-state index in [4.69, 9.17) is 4.74 Å². The Balaban J connectivity index is 1.34. The van der Waals surface area contributed by atoms with Crippen LogP contribution in [0.5, 0.6) is 5.75 Å². The number of pyridine rings is 1. The van der Waals surface area contributed by atoms with Gasteiger partial charge in [-0.25, -0.2) is 19.3 Å². The molecule has 0 spiro atoms. The van der Waals surface area contributed by atoms with E-state index >= 15 is 0 Å². The van der Waals surface area contributed by atoms with Gasteiger partial charge in [-0.1, -0.05) is 0 Å². The number of amides is 1. The molecule has 1 N–H and O–H groups in total. The van der Waals surface area contributed by atoms with Gasteiger partial charge in [-0.15, -0.1) is 0 Å². The molecule has 1 amide bonds. The van der Waals surface area contributed by atoms with E-state index in [2.05, 4.69) is 20.3 Å². The van der Waals surface area contributed by atoms with Crippen LogP contribution < -0.4 is 10.1 Å². The molecule has 0 saturated heterocycles. The van der Waals surface area contributed by atoms with Crippen molar-refractivity contribution >= 4 is 11.6 Å². The highest BCUT2D eigenvalue weighted by atomic mass is 19.1. The van der Waals surface area contributed by atoms with Crippen LogP contribution in [0.4, 0.5) is 10.1 Å². The lowest BCUT2D eigenvalue weighted by Gasteiger charge is -2.15. The maximum atomic E-state index is 14.9. The van der Waals surface area contributed by atoms with Crippen molar-refractivity contribution in [3.63, 3.8) is 0 Å². The SMILES string of the molecule is Cc1cc(F)c(C(=O)Nc2ccnc3c2OC[C@H](C)n2ccnc2-3)cc1-n1cnc(C2CC2)c1. The summed E-state index contributed by atoms with van der Waals surface area (Å²) in [6, 6.07) is 4.63. The van der Waals surface area contributed by atoms with Gasteiger partial charge in [-0.05, 0) is 50.5 Å². The van der Waals surface area contributed by atoms with Gasteiger partial charge in [0.15, 0.2) is 11.6 Å². The minimum absolute atomic E-state index is 0.0445. The molecule has 1 saturated carbocycles. The topological polar surface area (TPSA) is 86.9 Å². The zero-order chi connectivity index (χ0) is 23.4. The Labute approximate surface area is 195 Å². The second-order valence-corrected chi connectivity index (χ2v) is 8.91. The van der Waals surface area contributed by atoms with Crippen molar-refractivity contribution in [2.45, 2.75) is 38.6 Å². The molecule has 6 rings (SSSR count). The lowest BCUT2D eigenvalue weighted by Crippen LogP contribution is -2.16. The second-order valence-electron chi connectivity index (χ2n) is 8.91. The first-order chi connectivity index (χ1) is 16.5. The number of anilines is 1. The molecule has 0 bridgehead atoms. The first kappa shape index (κ1) is 20.6. The first-order valence-corrected chi connectivity index (χ1v) is 11.3. The minimum Gasteiger partial charge on any atom is -0.487 e. The average molecular weight is 458 g/mol. The van der Waals surface area contributed by atoms with Crippen molar-refractivity contribution in [2.75, 3.05) is 11.9 Å². The number of ether oxygens (including phenoxy) is 1. The Morgan fingerprint density at radius 2 is 2.06 bits per heavy atom. The van der Waals surface area contributed by atoms with Gasteiger partial charge in [0.25, 0.3) is 5.91 Å². The summed E-state index contributed by atoms with van der Waals surface area (Å²) in [5.74, 6) is 0.422. The number of fused-ring (bicyclic) bond motifs is 3. The Hall–Kier alpha value is -4.01. The van der Waals surface area contributed by atoms with Crippen molar-refractivity contribution in [2.24, 2.45) is 0 Å². The molecule has 4 aromatic rings. The van der Waals surface area contributed by atoms with E-state index in [9.17, 15) is 9.18 Å². The van der Waals surface area contributed by atoms with Crippen LogP contribution in [0.15, 0.2) is 49.3 Å². The highest BCUT2D eigenvalue weighted by molar-refractivity contribution is 6.06. The van der Waals surface area contributed by atoms with Crippen molar-refractivity contribution < 1.29 is 13.9 Å². The van der Waals surface area contributed by atoms with Crippen LogP contribution in [-0.2, 0) is 0 Å². The predicted octanol–water partition coefficient (Wildman–Crippen LogP) is 4.66.